The predicted molar refractivity (Wildman–Crippen MR) is 117 cm³/mol. The van der Waals surface area contributed by atoms with Crippen LogP contribution in [-0.4, -0.2) is 26.4 Å². The number of hydrogen-bond acceptors (Lipinski definition) is 5. The van der Waals surface area contributed by atoms with Gasteiger partial charge in [-0.25, -0.2) is 0 Å². The first kappa shape index (κ1) is 19.5. The van der Waals surface area contributed by atoms with Gasteiger partial charge in [-0.1, -0.05) is 45.9 Å². The number of benzene rings is 2. The van der Waals surface area contributed by atoms with Crippen molar-refractivity contribution in [3.05, 3.63) is 77.2 Å². The normalized spacial score (nSPS) is 10.8. The number of nitrogens with one attached hydrogen (secondary N) is 1. The van der Waals surface area contributed by atoms with Crippen LogP contribution < -0.4 is 5.32 Å². The Balaban J connectivity index is 1.57. The van der Waals surface area contributed by atoms with E-state index in [0.29, 0.717) is 11.0 Å². The summed E-state index contributed by atoms with van der Waals surface area (Å²) in [5.41, 5.74) is 2.54. The summed E-state index contributed by atoms with van der Waals surface area (Å²) in [6.07, 6.45) is 1.63. The van der Waals surface area contributed by atoms with Crippen LogP contribution in [0.25, 0.3) is 17.1 Å². The molecule has 0 aliphatic heterocycles. The van der Waals surface area contributed by atoms with Crippen LogP contribution in [0.5, 0.6) is 0 Å². The molecule has 29 heavy (non-hydrogen) atoms. The van der Waals surface area contributed by atoms with Crippen molar-refractivity contribution in [3.63, 3.8) is 0 Å². The van der Waals surface area contributed by atoms with Gasteiger partial charge in [0.25, 0.3) is 0 Å². The van der Waals surface area contributed by atoms with Crippen LogP contribution in [-0.2, 0) is 4.79 Å². The van der Waals surface area contributed by atoms with Gasteiger partial charge in [-0.3, -0.25) is 9.36 Å². The second kappa shape index (κ2) is 8.67. The third-order valence-electron chi connectivity index (χ3n) is 4.21. The third kappa shape index (κ3) is 4.44. The van der Waals surface area contributed by atoms with Crippen molar-refractivity contribution in [3.8, 4) is 17.1 Å². The monoisotopic (exact) mass is 468 g/mol. The lowest BCUT2D eigenvalue weighted by molar-refractivity contribution is -0.113. The number of carbonyl (C=O) groups is 1. The Morgan fingerprint density at radius 2 is 1.86 bits per heavy atom. The Bertz CT molecular complexity index is 1120. The van der Waals surface area contributed by atoms with E-state index in [-0.39, 0.29) is 11.7 Å². The minimum atomic E-state index is -0.110. The molecule has 0 radical (unpaired) electrons. The minimum Gasteiger partial charge on any atom is -0.469 e. The summed E-state index contributed by atoms with van der Waals surface area (Å²) in [5, 5.41) is 12.2. The quantitative estimate of drug-likeness (QED) is 0.387. The Morgan fingerprint density at radius 3 is 2.55 bits per heavy atom. The lowest BCUT2D eigenvalue weighted by Crippen LogP contribution is -2.14. The highest BCUT2D eigenvalue weighted by Gasteiger charge is 2.19. The fourth-order valence-electron chi connectivity index (χ4n) is 2.83. The molecule has 1 amide bonds. The molecule has 2 heterocycles. The first-order valence-corrected chi connectivity index (χ1v) is 10.6. The molecule has 8 heteroatoms. The van der Waals surface area contributed by atoms with Gasteiger partial charge in [0.1, 0.15) is 5.76 Å². The van der Waals surface area contributed by atoms with Gasteiger partial charge in [0.2, 0.25) is 5.91 Å². The van der Waals surface area contributed by atoms with E-state index < -0.39 is 0 Å². The van der Waals surface area contributed by atoms with Crippen molar-refractivity contribution in [1.82, 2.24) is 14.8 Å². The van der Waals surface area contributed by atoms with Gasteiger partial charge >= 0.3 is 0 Å². The highest BCUT2D eigenvalue weighted by atomic mass is 79.9. The maximum absolute atomic E-state index is 12.4. The fraction of sp³-hybridized carbons (Fsp3) is 0.0952. The Labute approximate surface area is 180 Å². The van der Waals surface area contributed by atoms with Crippen LogP contribution in [0.3, 0.4) is 0 Å². The molecule has 2 aromatic heterocycles. The number of aryl methyl sites for hydroxylation is 1. The maximum atomic E-state index is 12.4. The molecule has 0 aliphatic rings. The van der Waals surface area contributed by atoms with E-state index in [0.717, 1.165) is 27.2 Å². The molecule has 1 N–H and O–H groups in total. The summed E-state index contributed by atoms with van der Waals surface area (Å²) in [4.78, 5) is 12.4. The average Bonchev–Trinajstić information content (AvgIpc) is 3.34. The number of nitrogens with zero attached hydrogens (tertiary/aromatic N) is 3. The summed E-state index contributed by atoms with van der Waals surface area (Å²) in [6.45, 7) is 1.89. The molecule has 0 atom stereocenters. The van der Waals surface area contributed by atoms with Gasteiger partial charge in [0.15, 0.2) is 11.0 Å². The molecule has 0 saturated heterocycles. The van der Waals surface area contributed by atoms with Gasteiger partial charge in [0.05, 0.1) is 17.6 Å². The summed E-state index contributed by atoms with van der Waals surface area (Å²) in [5.74, 6) is 1.55. The number of carbonyl (C=O) groups excluding carboxylic acids is 1. The summed E-state index contributed by atoms with van der Waals surface area (Å²) in [7, 11) is 0. The number of rotatable bonds is 6. The topological polar surface area (TPSA) is 72.9 Å². The molecule has 4 rings (SSSR count). The Hall–Kier alpha value is -2.84. The Kier molecular flexibility index (Phi) is 5.82. The third-order valence-corrected chi connectivity index (χ3v) is 5.67. The van der Waals surface area contributed by atoms with Crippen molar-refractivity contribution in [2.75, 3.05) is 11.1 Å². The van der Waals surface area contributed by atoms with Crippen molar-refractivity contribution in [2.24, 2.45) is 0 Å². The lowest BCUT2D eigenvalue weighted by Gasteiger charge is -2.10. The molecule has 4 aromatic rings. The van der Waals surface area contributed by atoms with Gasteiger partial charge in [-0.2, -0.15) is 0 Å². The van der Waals surface area contributed by atoms with Crippen molar-refractivity contribution >= 4 is 39.3 Å². The van der Waals surface area contributed by atoms with E-state index in [1.54, 1.807) is 6.26 Å². The highest BCUT2D eigenvalue weighted by Crippen LogP contribution is 2.30. The summed E-state index contributed by atoms with van der Waals surface area (Å²) in [6, 6.07) is 19.2. The van der Waals surface area contributed by atoms with Gasteiger partial charge in [0, 0.05) is 15.8 Å². The van der Waals surface area contributed by atoms with E-state index in [1.807, 2.05) is 72.2 Å². The van der Waals surface area contributed by atoms with Gasteiger partial charge in [-0.05, 0) is 49.4 Å². The van der Waals surface area contributed by atoms with E-state index >= 15 is 0 Å². The van der Waals surface area contributed by atoms with Gasteiger partial charge in [-0.15, -0.1) is 10.2 Å². The van der Waals surface area contributed by atoms with Crippen molar-refractivity contribution in [2.45, 2.75) is 12.1 Å². The molecule has 146 valence electrons. The van der Waals surface area contributed by atoms with E-state index in [2.05, 4.69) is 31.4 Å². The molecule has 0 spiro atoms. The SMILES string of the molecule is Cc1occc1-c1nnc(SCC(=O)Nc2ccc(Br)cc2)n1-c1ccccc1. The van der Waals surface area contributed by atoms with Crippen LogP contribution in [0, 0.1) is 6.92 Å². The van der Waals surface area contributed by atoms with E-state index in [1.165, 1.54) is 11.8 Å². The maximum Gasteiger partial charge on any atom is 0.234 e. The minimum absolute atomic E-state index is 0.110. The van der Waals surface area contributed by atoms with Crippen LogP contribution in [0.2, 0.25) is 0 Å². The van der Waals surface area contributed by atoms with Crippen LogP contribution >= 0.6 is 27.7 Å². The molecule has 0 bridgehead atoms. The molecule has 0 fully saturated rings. The van der Waals surface area contributed by atoms with Crippen LogP contribution in [0.4, 0.5) is 5.69 Å². The number of hydrogen-bond donors (Lipinski definition) is 1. The van der Waals surface area contributed by atoms with Crippen LogP contribution in [0.1, 0.15) is 5.76 Å². The summed E-state index contributed by atoms with van der Waals surface area (Å²) >= 11 is 4.72. The molecular formula is C21H17BrN4O2S. The molecule has 2 aromatic carbocycles. The zero-order valence-corrected chi connectivity index (χ0v) is 17.9. The zero-order chi connectivity index (χ0) is 20.2. The summed E-state index contributed by atoms with van der Waals surface area (Å²) < 4.78 is 8.34. The Morgan fingerprint density at radius 1 is 1.10 bits per heavy atom. The number of furan rings is 1. The highest BCUT2D eigenvalue weighted by molar-refractivity contribution is 9.10. The first-order chi connectivity index (χ1) is 14.1. The largest absolute Gasteiger partial charge is 0.469 e. The number of thioether (sulfide) groups is 1. The molecular weight excluding hydrogens is 452 g/mol. The fourth-order valence-corrected chi connectivity index (χ4v) is 3.84. The number of para-hydroxylation sites is 1. The molecule has 0 aliphatic carbocycles. The average molecular weight is 469 g/mol. The van der Waals surface area contributed by atoms with E-state index in [4.69, 9.17) is 4.42 Å². The molecule has 0 unspecified atom stereocenters. The number of anilines is 1. The molecule has 6 nitrogen and oxygen atoms in total. The van der Waals surface area contributed by atoms with Crippen LogP contribution in [0.15, 0.2) is 81.0 Å². The predicted octanol–water partition coefficient (Wildman–Crippen LogP) is 5.33. The first-order valence-electron chi connectivity index (χ1n) is 8.85. The number of halogens is 1. The molecule has 0 saturated carbocycles. The van der Waals surface area contributed by atoms with Gasteiger partial charge < -0.3 is 9.73 Å². The second-order valence-electron chi connectivity index (χ2n) is 6.21. The number of amides is 1. The standard InChI is InChI=1S/C21H17BrN4O2S/c1-14-18(11-12-28-14)20-24-25-21(26(20)17-5-3-2-4-6-17)29-13-19(27)23-16-9-7-15(22)8-10-16/h2-12H,13H2,1H3,(H,23,27). The van der Waals surface area contributed by atoms with E-state index in [9.17, 15) is 4.79 Å². The van der Waals surface area contributed by atoms with Crippen molar-refractivity contribution < 1.29 is 9.21 Å². The smallest absolute Gasteiger partial charge is 0.234 e. The second-order valence-corrected chi connectivity index (χ2v) is 8.07. The number of aromatic nitrogens is 3. The van der Waals surface area contributed by atoms with Crippen molar-refractivity contribution in [1.29, 1.82) is 0 Å². The zero-order valence-electron chi connectivity index (χ0n) is 15.5. The lowest BCUT2D eigenvalue weighted by atomic mass is 10.2.